The molecule has 12 heteroatoms. The first-order valence-corrected chi connectivity index (χ1v) is 16.3. The van der Waals surface area contributed by atoms with Crippen LogP contribution in [-0.4, -0.2) is 96.2 Å². The molecular weight excluding hydrogens is 623 g/mol. The number of urea groups is 1. The summed E-state index contributed by atoms with van der Waals surface area (Å²) in [6.07, 6.45) is 4.24. The Bertz CT molecular complexity index is 1970. The number of aromatic nitrogens is 3. The van der Waals surface area contributed by atoms with Gasteiger partial charge in [0.25, 0.3) is 5.91 Å². The number of morpholine rings is 1. The average Bonchev–Trinajstić information content (AvgIpc) is 3.63. The summed E-state index contributed by atoms with van der Waals surface area (Å²) in [5, 5.41) is 6.30. The van der Waals surface area contributed by atoms with E-state index in [4.69, 9.17) is 14.7 Å². The van der Waals surface area contributed by atoms with Gasteiger partial charge in [0.15, 0.2) is 5.82 Å². The molecule has 0 aliphatic carbocycles. The summed E-state index contributed by atoms with van der Waals surface area (Å²) in [6.45, 7) is 3.81. The lowest BCUT2D eigenvalue weighted by Gasteiger charge is -2.29. The number of rotatable bonds is 7. The molecule has 1 unspecified atom stereocenters. The highest BCUT2D eigenvalue weighted by Crippen LogP contribution is 2.33. The molecule has 49 heavy (non-hydrogen) atoms. The number of halogens is 1. The molecule has 2 fully saturated rings. The minimum atomic E-state index is -0.415. The Balaban J connectivity index is 1.07. The second-order valence-corrected chi connectivity index (χ2v) is 12.5. The van der Waals surface area contributed by atoms with Crippen LogP contribution in [0.25, 0.3) is 33.4 Å². The van der Waals surface area contributed by atoms with Crippen LogP contribution < -0.4 is 15.5 Å². The Hall–Kier alpha value is -5.46. The number of anilines is 3. The SMILES string of the molecule is CN(C)C1CCN(C(=O)c2ccc(NC(=O)Nc3ccc(-c4nc(N5CCOCC5)c5cc(F)c(-c6cccnc6)cc5n4)cc3)cc2)C1. The van der Waals surface area contributed by atoms with Crippen molar-refractivity contribution in [2.24, 2.45) is 0 Å². The lowest BCUT2D eigenvalue weighted by atomic mass is 10.0. The number of amides is 3. The van der Waals surface area contributed by atoms with E-state index in [1.165, 1.54) is 6.07 Å². The van der Waals surface area contributed by atoms with Crippen LogP contribution in [0.5, 0.6) is 0 Å². The summed E-state index contributed by atoms with van der Waals surface area (Å²) in [6, 6.07) is 20.9. The Kier molecular flexibility index (Phi) is 9.14. The molecule has 0 spiro atoms. The van der Waals surface area contributed by atoms with Gasteiger partial charge in [-0.15, -0.1) is 0 Å². The lowest BCUT2D eigenvalue weighted by molar-refractivity contribution is 0.0783. The van der Waals surface area contributed by atoms with E-state index in [2.05, 4.69) is 25.4 Å². The van der Waals surface area contributed by atoms with Gasteiger partial charge < -0.3 is 30.1 Å². The molecule has 5 aromatic rings. The predicted octanol–water partition coefficient (Wildman–Crippen LogP) is 5.75. The first kappa shape index (κ1) is 32.1. The monoisotopic (exact) mass is 660 g/mol. The van der Waals surface area contributed by atoms with Gasteiger partial charge in [-0.3, -0.25) is 9.78 Å². The third kappa shape index (κ3) is 7.06. The van der Waals surface area contributed by atoms with Gasteiger partial charge in [-0.05, 0) is 87.2 Å². The number of fused-ring (bicyclic) bond motifs is 1. The smallest absolute Gasteiger partial charge is 0.323 e. The fourth-order valence-corrected chi connectivity index (χ4v) is 6.24. The molecule has 11 nitrogen and oxygen atoms in total. The van der Waals surface area contributed by atoms with E-state index >= 15 is 4.39 Å². The van der Waals surface area contributed by atoms with Gasteiger partial charge in [0, 0.05) is 83.6 Å². The van der Waals surface area contributed by atoms with Crippen LogP contribution in [0.2, 0.25) is 0 Å². The second-order valence-electron chi connectivity index (χ2n) is 12.5. The minimum Gasteiger partial charge on any atom is -0.378 e. The Labute approximate surface area is 283 Å². The highest BCUT2D eigenvalue weighted by Gasteiger charge is 2.28. The average molecular weight is 661 g/mol. The van der Waals surface area contributed by atoms with Gasteiger partial charge in [0.05, 0.1) is 18.7 Å². The van der Waals surface area contributed by atoms with Crippen molar-refractivity contribution in [3.05, 3.63) is 96.6 Å². The van der Waals surface area contributed by atoms with Crippen LogP contribution >= 0.6 is 0 Å². The van der Waals surface area contributed by atoms with Crippen LogP contribution in [-0.2, 0) is 4.74 Å². The van der Waals surface area contributed by atoms with Gasteiger partial charge in [-0.25, -0.2) is 19.2 Å². The molecule has 1 atom stereocenters. The first-order chi connectivity index (χ1) is 23.8. The van der Waals surface area contributed by atoms with Gasteiger partial charge in [-0.1, -0.05) is 6.07 Å². The van der Waals surface area contributed by atoms with Crippen LogP contribution in [0, 0.1) is 5.82 Å². The van der Waals surface area contributed by atoms with Crippen molar-refractivity contribution in [1.82, 2.24) is 24.8 Å². The van der Waals surface area contributed by atoms with Crippen molar-refractivity contribution in [1.29, 1.82) is 0 Å². The third-order valence-electron chi connectivity index (χ3n) is 9.02. The zero-order valence-electron chi connectivity index (χ0n) is 27.4. The quantitative estimate of drug-likeness (QED) is 0.227. The lowest BCUT2D eigenvalue weighted by Crippen LogP contribution is -2.37. The summed E-state index contributed by atoms with van der Waals surface area (Å²) in [5.74, 6) is 0.751. The number of nitrogens with one attached hydrogen (secondary N) is 2. The molecule has 3 amide bonds. The second kappa shape index (κ2) is 14.0. The number of likely N-dealkylation sites (tertiary alicyclic amines) is 1. The standard InChI is InChI=1S/C37H37FN8O3/c1-44(2)29-13-15-46(23-29)36(47)25-7-11-28(12-8-25)41-37(48)40-27-9-5-24(6-10-27)34-42-33-21-30(26-4-3-14-39-22-26)32(38)20-31(33)35(43-34)45-16-18-49-19-17-45/h3-12,14,20-22,29H,13,15-19,23H2,1-2H3,(H2,40,41,48). The Morgan fingerprint density at radius 3 is 2.27 bits per heavy atom. The number of nitrogens with zero attached hydrogens (tertiary/aromatic N) is 6. The Morgan fingerprint density at radius 1 is 0.898 bits per heavy atom. The highest BCUT2D eigenvalue weighted by atomic mass is 19.1. The van der Waals surface area contributed by atoms with Crippen molar-refractivity contribution >= 4 is 40.0 Å². The topological polar surface area (TPSA) is 116 Å². The summed E-state index contributed by atoms with van der Waals surface area (Å²) < 4.78 is 21.0. The normalized spacial score (nSPS) is 16.3. The van der Waals surface area contributed by atoms with Crippen molar-refractivity contribution in [3.8, 4) is 22.5 Å². The molecule has 3 aromatic carbocycles. The zero-order valence-corrected chi connectivity index (χ0v) is 27.4. The molecule has 2 N–H and O–H groups in total. The first-order valence-electron chi connectivity index (χ1n) is 16.3. The van der Waals surface area contributed by atoms with E-state index in [1.807, 2.05) is 37.2 Å². The van der Waals surface area contributed by atoms with Crippen LogP contribution in [0.3, 0.4) is 0 Å². The fraction of sp³-hybridized carbons (Fsp3) is 0.270. The molecule has 0 radical (unpaired) electrons. The van der Waals surface area contributed by atoms with Crippen molar-refractivity contribution < 1.29 is 18.7 Å². The van der Waals surface area contributed by atoms with Crippen molar-refractivity contribution in [3.63, 3.8) is 0 Å². The van der Waals surface area contributed by atoms with Crippen LogP contribution in [0.4, 0.5) is 26.4 Å². The third-order valence-corrected chi connectivity index (χ3v) is 9.02. The molecule has 0 saturated carbocycles. The number of carbonyl (C=O) groups excluding carboxylic acids is 2. The van der Waals surface area contributed by atoms with Crippen LogP contribution in [0.15, 0.2) is 85.2 Å². The highest BCUT2D eigenvalue weighted by molar-refractivity contribution is 6.01. The molecule has 2 aliphatic rings. The number of benzene rings is 3. The van der Waals surface area contributed by atoms with Crippen LogP contribution in [0.1, 0.15) is 16.8 Å². The van der Waals surface area contributed by atoms with E-state index in [1.54, 1.807) is 60.9 Å². The van der Waals surface area contributed by atoms with Crippen molar-refractivity contribution in [2.75, 3.05) is 69.0 Å². The number of ether oxygens (including phenoxy) is 1. The van der Waals surface area contributed by atoms with Gasteiger partial charge in [0.1, 0.15) is 11.6 Å². The minimum absolute atomic E-state index is 0.00556. The molecule has 0 bridgehead atoms. The van der Waals surface area contributed by atoms with E-state index in [0.717, 1.165) is 18.5 Å². The molecule has 2 saturated heterocycles. The van der Waals surface area contributed by atoms with E-state index in [0.29, 0.717) is 89.5 Å². The number of pyridine rings is 1. The predicted molar refractivity (Wildman–Crippen MR) is 188 cm³/mol. The largest absolute Gasteiger partial charge is 0.378 e. The summed E-state index contributed by atoms with van der Waals surface area (Å²) >= 11 is 0. The molecular formula is C37H37FN8O3. The van der Waals surface area contributed by atoms with Crippen molar-refractivity contribution in [2.45, 2.75) is 12.5 Å². The number of hydrogen-bond acceptors (Lipinski definition) is 8. The summed E-state index contributed by atoms with van der Waals surface area (Å²) in [5.41, 5.74) is 4.16. The molecule has 4 heterocycles. The van der Waals surface area contributed by atoms with Gasteiger partial charge >= 0.3 is 6.03 Å². The molecule has 250 valence electrons. The Morgan fingerprint density at radius 2 is 1.61 bits per heavy atom. The fourth-order valence-electron chi connectivity index (χ4n) is 6.24. The molecule has 2 aliphatic heterocycles. The van der Waals surface area contributed by atoms with E-state index < -0.39 is 6.03 Å². The molecule has 7 rings (SSSR count). The number of likely N-dealkylation sites (N-methyl/N-ethyl adjacent to an activating group) is 1. The maximum absolute atomic E-state index is 15.4. The number of carbonyl (C=O) groups is 2. The van der Waals surface area contributed by atoms with Gasteiger partial charge in [-0.2, -0.15) is 0 Å². The maximum Gasteiger partial charge on any atom is 0.323 e. The van der Waals surface area contributed by atoms with E-state index in [-0.39, 0.29) is 11.7 Å². The van der Waals surface area contributed by atoms with E-state index in [9.17, 15) is 9.59 Å². The zero-order chi connectivity index (χ0) is 33.9. The summed E-state index contributed by atoms with van der Waals surface area (Å²) in [4.78, 5) is 45.8. The van der Waals surface area contributed by atoms with Gasteiger partial charge in [0.2, 0.25) is 0 Å². The number of hydrogen-bond donors (Lipinski definition) is 2. The molecule has 2 aromatic heterocycles. The summed E-state index contributed by atoms with van der Waals surface area (Å²) in [7, 11) is 4.06. The maximum atomic E-state index is 15.4.